The van der Waals surface area contributed by atoms with Gasteiger partial charge in [-0.15, -0.1) is 0 Å². The Kier molecular flexibility index (Phi) is 5.29. The molecule has 0 saturated carbocycles. The van der Waals surface area contributed by atoms with Gasteiger partial charge in [0.1, 0.15) is 11.6 Å². The highest BCUT2D eigenvalue weighted by atomic mass is 35.5. The number of hydrogen-bond donors (Lipinski definition) is 2. The molecule has 1 aromatic carbocycles. The molecule has 10 heteroatoms. The van der Waals surface area contributed by atoms with Crippen molar-refractivity contribution in [2.24, 2.45) is 0 Å². The number of rotatable bonds is 4. The number of aliphatic hydroxyl groups is 1. The SMILES string of the molecule is O=C(Nc1ccn(C2COC(CO)O2)c(=O)n1)Oc1ccc(Cl)cc1. The highest BCUT2D eigenvalue weighted by Gasteiger charge is 2.27. The molecule has 25 heavy (non-hydrogen) atoms. The fourth-order valence-corrected chi connectivity index (χ4v) is 2.25. The maximum Gasteiger partial charge on any atom is 0.418 e. The van der Waals surface area contributed by atoms with E-state index < -0.39 is 24.3 Å². The van der Waals surface area contributed by atoms with Gasteiger partial charge in [-0.3, -0.25) is 9.88 Å². The molecule has 0 spiro atoms. The Labute approximate surface area is 146 Å². The first-order chi connectivity index (χ1) is 12.0. The van der Waals surface area contributed by atoms with Gasteiger partial charge >= 0.3 is 11.8 Å². The van der Waals surface area contributed by atoms with Gasteiger partial charge < -0.3 is 19.3 Å². The summed E-state index contributed by atoms with van der Waals surface area (Å²) in [6, 6.07) is 7.63. The van der Waals surface area contributed by atoms with Crippen molar-refractivity contribution in [2.45, 2.75) is 12.5 Å². The molecule has 132 valence electrons. The molecule has 0 bridgehead atoms. The second-order valence-electron chi connectivity index (χ2n) is 5.01. The molecule has 2 atom stereocenters. The van der Waals surface area contributed by atoms with E-state index in [9.17, 15) is 9.59 Å². The standard InChI is InChI=1S/C15H14ClN3O6/c16-9-1-3-10(4-2-9)24-15(22)18-11-5-6-19(14(21)17-11)12-8-23-13(7-20)25-12/h1-6,12-13,20H,7-8H2,(H,17,18,21,22). The number of ether oxygens (including phenoxy) is 3. The number of carbonyl (C=O) groups excluding carboxylic acids is 1. The summed E-state index contributed by atoms with van der Waals surface area (Å²) in [5.74, 6) is 0.319. The average Bonchev–Trinajstić information content (AvgIpc) is 3.06. The van der Waals surface area contributed by atoms with Crippen LogP contribution in [0.5, 0.6) is 5.75 Å². The number of anilines is 1. The lowest BCUT2D eigenvalue weighted by Crippen LogP contribution is -2.29. The summed E-state index contributed by atoms with van der Waals surface area (Å²) in [7, 11) is 0. The minimum Gasteiger partial charge on any atom is -0.410 e. The molecule has 2 unspecified atom stereocenters. The molecule has 1 amide bonds. The smallest absolute Gasteiger partial charge is 0.410 e. The molecule has 1 fully saturated rings. The zero-order chi connectivity index (χ0) is 17.8. The largest absolute Gasteiger partial charge is 0.418 e. The van der Waals surface area contributed by atoms with E-state index >= 15 is 0 Å². The molecule has 2 aromatic rings. The zero-order valence-corrected chi connectivity index (χ0v) is 13.5. The minimum atomic E-state index is -0.798. The van der Waals surface area contributed by atoms with Crippen LogP contribution in [0.4, 0.5) is 10.6 Å². The number of hydrogen-bond acceptors (Lipinski definition) is 7. The molecular formula is C15H14ClN3O6. The van der Waals surface area contributed by atoms with Gasteiger partial charge in [0.2, 0.25) is 0 Å². The fraction of sp³-hybridized carbons (Fsp3) is 0.267. The topological polar surface area (TPSA) is 112 Å². The lowest BCUT2D eigenvalue weighted by atomic mass is 10.3. The molecule has 3 rings (SSSR count). The number of nitrogens with one attached hydrogen (secondary N) is 1. The van der Waals surface area contributed by atoms with Crippen LogP contribution in [0.3, 0.4) is 0 Å². The first-order valence-corrected chi connectivity index (χ1v) is 7.64. The molecule has 0 aliphatic carbocycles. The summed E-state index contributed by atoms with van der Waals surface area (Å²) in [5.41, 5.74) is -0.642. The lowest BCUT2D eigenvalue weighted by Gasteiger charge is -2.12. The number of amides is 1. The monoisotopic (exact) mass is 367 g/mol. The number of aromatic nitrogens is 2. The highest BCUT2D eigenvalue weighted by molar-refractivity contribution is 6.30. The van der Waals surface area contributed by atoms with Crippen molar-refractivity contribution >= 4 is 23.5 Å². The normalized spacial score (nSPS) is 19.6. The predicted octanol–water partition coefficient (Wildman–Crippen LogP) is 1.37. The minimum absolute atomic E-state index is 0.0258. The maximum absolute atomic E-state index is 12.0. The quantitative estimate of drug-likeness (QED) is 0.839. The van der Waals surface area contributed by atoms with Crippen LogP contribution in [0.15, 0.2) is 41.3 Å². The van der Waals surface area contributed by atoms with Crippen molar-refractivity contribution in [3.05, 3.63) is 52.0 Å². The summed E-state index contributed by atoms with van der Waals surface area (Å²) < 4.78 is 16.7. The Morgan fingerprint density at radius 2 is 2.16 bits per heavy atom. The van der Waals surface area contributed by atoms with Crippen LogP contribution >= 0.6 is 11.6 Å². The Morgan fingerprint density at radius 1 is 1.40 bits per heavy atom. The van der Waals surface area contributed by atoms with Crippen LogP contribution in [-0.2, 0) is 9.47 Å². The summed E-state index contributed by atoms with van der Waals surface area (Å²) in [5, 5.41) is 11.8. The number of benzene rings is 1. The van der Waals surface area contributed by atoms with E-state index in [4.69, 9.17) is 30.9 Å². The van der Waals surface area contributed by atoms with E-state index in [1.165, 1.54) is 29.0 Å². The molecule has 1 saturated heterocycles. The molecule has 1 aromatic heterocycles. The van der Waals surface area contributed by atoms with Gasteiger partial charge in [0.25, 0.3) is 0 Å². The van der Waals surface area contributed by atoms with E-state index in [0.29, 0.717) is 10.8 Å². The fourth-order valence-electron chi connectivity index (χ4n) is 2.13. The van der Waals surface area contributed by atoms with Gasteiger partial charge in [0.05, 0.1) is 13.2 Å². The van der Waals surface area contributed by atoms with Crippen LogP contribution in [-0.4, -0.2) is 40.3 Å². The van der Waals surface area contributed by atoms with Crippen LogP contribution in [0.25, 0.3) is 0 Å². The summed E-state index contributed by atoms with van der Waals surface area (Å²) in [6.07, 6.45) is -0.856. The molecular weight excluding hydrogens is 354 g/mol. The van der Waals surface area contributed by atoms with Crippen molar-refractivity contribution in [3.8, 4) is 5.75 Å². The first-order valence-electron chi connectivity index (χ1n) is 7.26. The van der Waals surface area contributed by atoms with E-state index in [0.717, 1.165) is 0 Å². The number of nitrogens with zero attached hydrogens (tertiary/aromatic N) is 2. The van der Waals surface area contributed by atoms with Crippen molar-refractivity contribution < 1.29 is 24.1 Å². The van der Waals surface area contributed by atoms with Gasteiger partial charge in [-0.05, 0) is 30.3 Å². The second-order valence-corrected chi connectivity index (χ2v) is 5.44. The summed E-state index contributed by atoms with van der Waals surface area (Å²) in [6.45, 7) is -0.201. The highest BCUT2D eigenvalue weighted by Crippen LogP contribution is 2.19. The second kappa shape index (κ2) is 7.62. The van der Waals surface area contributed by atoms with E-state index in [2.05, 4.69) is 10.3 Å². The summed E-state index contributed by atoms with van der Waals surface area (Å²) >= 11 is 5.75. The Bertz CT molecular complexity index is 810. The lowest BCUT2D eigenvalue weighted by molar-refractivity contribution is -0.0992. The van der Waals surface area contributed by atoms with Crippen LogP contribution in [0, 0.1) is 0 Å². The van der Waals surface area contributed by atoms with Crippen LogP contribution < -0.4 is 15.7 Å². The van der Waals surface area contributed by atoms with Crippen LogP contribution in [0.1, 0.15) is 6.23 Å². The maximum atomic E-state index is 12.0. The van der Waals surface area contributed by atoms with Crippen LogP contribution in [0.2, 0.25) is 5.02 Å². The Hall–Kier alpha value is -2.46. The molecule has 2 heterocycles. The van der Waals surface area contributed by atoms with Crippen molar-refractivity contribution in [2.75, 3.05) is 18.5 Å². The Morgan fingerprint density at radius 3 is 2.80 bits per heavy atom. The Balaban J connectivity index is 1.63. The average molecular weight is 368 g/mol. The zero-order valence-electron chi connectivity index (χ0n) is 12.8. The molecule has 9 nitrogen and oxygen atoms in total. The number of halogens is 1. The molecule has 1 aliphatic heterocycles. The molecule has 1 aliphatic rings. The third kappa shape index (κ3) is 4.34. The van der Waals surface area contributed by atoms with Crippen molar-refractivity contribution in [1.29, 1.82) is 0 Å². The van der Waals surface area contributed by atoms with Crippen molar-refractivity contribution in [1.82, 2.24) is 9.55 Å². The first kappa shape index (κ1) is 17.4. The van der Waals surface area contributed by atoms with E-state index in [1.54, 1.807) is 12.1 Å². The third-order valence-corrected chi connectivity index (χ3v) is 3.53. The van der Waals surface area contributed by atoms with Gasteiger partial charge in [-0.1, -0.05) is 11.6 Å². The summed E-state index contributed by atoms with van der Waals surface area (Å²) in [4.78, 5) is 27.6. The van der Waals surface area contributed by atoms with Gasteiger partial charge in [0.15, 0.2) is 12.5 Å². The third-order valence-electron chi connectivity index (χ3n) is 3.28. The molecule has 2 N–H and O–H groups in total. The van der Waals surface area contributed by atoms with Gasteiger partial charge in [-0.2, -0.15) is 4.98 Å². The molecule has 0 radical (unpaired) electrons. The van der Waals surface area contributed by atoms with Crippen molar-refractivity contribution in [3.63, 3.8) is 0 Å². The van der Waals surface area contributed by atoms with Gasteiger partial charge in [-0.25, -0.2) is 9.59 Å². The van der Waals surface area contributed by atoms with E-state index in [1.807, 2.05) is 0 Å². The predicted molar refractivity (Wildman–Crippen MR) is 86.5 cm³/mol. The number of carbonyl (C=O) groups is 1. The van der Waals surface area contributed by atoms with Gasteiger partial charge in [0, 0.05) is 11.2 Å². The van der Waals surface area contributed by atoms with E-state index in [-0.39, 0.29) is 19.0 Å². The number of aliphatic hydroxyl groups excluding tert-OH is 1.